The number of oxime groups is 1. The fourth-order valence-corrected chi connectivity index (χ4v) is 4.63. The predicted molar refractivity (Wildman–Crippen MR) is 129 cm³/mol. The molecule has 0 amide bonds. The van der Waals surface area contributed by atoms with Gasteiger partial charge in [-0.15, -0.1) is 0 Å². The SMILES string of the molecule is CS(=O)(=O)O/N=C(/C(=O)c1ccc(C(=O)OC2CCC3OC3C2)c2ccccc12)c1ccccc1. The Hall–Kier alpha value is -3.56. The van der Waals surface area contributed by atoms with Gasteiger partial charge in [0.25, 0.3) is 0 Å². The molecule has 0 aromatic heterocycles. The van der Waals surface area contributed by atoms with Crippen molar-refractivity contribution in [2.45, 2.75) is 37.6 Å². The maximum Gasteiger partial charge on any atom is 0.339 e. The fourth-order valence-electron chi connectivity index (χ4n) is 4.42. The van der Waals surface area contributed by atoms with E-state index in [-0.39, 0.29) is 23.5 Å². The first-order valence-electron chi connectivity index (χ1n) is 11.2. The van der Waals surface area contributed by atoms with E-state index < -0.39 is 21.9 Å². The monoisotopic (exact) mass is 493 g/mol. The number of nitrogens with zero attached hydrogens (tertiary/aromatic N) is 1. The molecule has 1 saturated carbocycles. The number of ether oxygens (including phenoxy) is 2. The third-order valence-corrected chi connectivity index (χ3v) is 6.49. The molecule has 3 unspecified atom stereocenters. The van der Waals surface area contributed by atoms with Crippen LogP contribution in [0.2, 0.25) is 0 Å². The highest BCUT2D eigenvalue weighted by atomic mass is 32.2. The molecule has 180 valence electrons. The number of rotatable bonds is 7. The number of ketones is 1. The molecule has 5 rings (SSSR count). The number of carbonyl (C=O) groups is 2. The molecule has 35 heavy (non-hydrogen) atoms. The summed E-state index contributed by atoms with van der Waals surface area (Å²) >= 11 is 0. The lowest BCUT2D eigenvalue weighted by molar-refractivity contribution is 0.0232. The smallest absolute Gasteiger partial charge is 0.339 e. The molecule has 1 aliphatic carbocycles. The third-order valence-electron chi connectivity index (χ3n) is 6.14. The molecule has 2 aliphatic rings. The minimum absolute atomic E-state index is 0.169. The molecule has 1 heterocycles. The molecular formula is C26H23NO7S. The molecule has 9 heteroatoms. The Morgan fingerprint density at radius 1 is 0.886 bits per heavy atom. The Morgan fingerprint density at radius 3 is 2.23 bits per heavy atom. The normalized spacial score (nSPS) is 21.7. The van der Waals surface area contributed by atoms with Gasteiger partial charge < -0.3 is 9.47 Å². The van der Waals surface area contributed by atoms with E-state index in [0.29, 0.717) is 34.4 Å². The Labute approximate surface area is 202 Å². The van der Waals surface area contributed by atoms with E-state index in [1.807, 2.05) is 0 Å². The summed E-state index contributed by atoms with van der Waals surface area (Å²) in [6, 6.07) is 18.5. The minimum Gasteiger partial charge on any atom is -0.459 e. The maximum absolute atomic E-state index is 13.6. The van der Waals surface area contributed by atoms with Gasteiger partial charge in [-0.2, -0.15) is 8.42 Å². The quantitative estimate of drug-likeness (QED) is 0.161. The summed E-state index contributed by atoms with van der Waals surface area (Å²) in [5, 5.41) is 4.74. The van der Waals surface area contributed by atoms with Crippen LogP contribution in [0.4, 0.5) is 0 Å². The van der Waals surface area contributed by atoms with Gasteiger partial charge in [0.1, 0.15) is 6.10 Å². The topological polar surface area (TPSA) is 112 Å². The van der Waals surface area contributed by atoms with Gasteiger partial charge in [0.05, 0.1) is 24.0 Å². The van der Waals surface area contributed by atoms with Gasteiger partial charge in [-0.05, 0) is 35.7 Å². The summed E-state index contributed by atoms with van der Waals surface area (Å²) in [5.41, 5.74) is 0.828. The predicted octanol–water partition coefficient (Wildman–Crippen LogP) is 3.88. The van der Waals surface area contributed by atoms with Gasteiger partial charge in [-0.1, -0.05) is 59.8 Å². The molecule has 0 N–H and O–H groups in total. The molecule has 2 fully saturated rings. The van der Waals surface area contributed by atoms with Crippen molar-refractivity contribution in [3.63, 3.8) is 0 Å². The van der Waals surface area contributed by atoms with E-state index in [9.17, 15) is 18.0 Å². The van der Waals surface area contributed by atoms with Crippen molar-refractivity contribution in [2.75, 3.05) is 6.26 Å². The molecule has 1 aliphatic heterocycles. The zero-order valence-corrected chi connectivity index (χ0v) is 19.7. The summed E-state index contributed by atoms with van der Waals surface area (Å²) in [7, 11) is -3.93. The van der Waals surface area contributed by atoms with Gasteiger partial charge in [-0.25, -0.2) is 4.79 Å². The maximum atomic E-state index is 13.6. The Kier molecular flexibility index (Phi) is 6.12. The van der Waals surface area contributed by atoms with Crippen LogP contribution in [-0.4, -0.2) is 50.4 Å². The average molecular weight is 494 g/mol. The molecule has 0 spiro atoms. The second-order valence-electron chi connectivity index (χ2n) is 8.67. The Morgan fingerprint density at radius 2 is 1.54 bits per heavy atom. The molecule has 3 aromatic carbocycles. The van der Waals surface area contributed by atoms with Crippen molar-refractivity contribution in [1.82, 2.24) is 0 Å². The lowest BCUT2D eigenvalue weighted by Crippen LogP contribution is -2.25. The number of esters is 1. The number of hydrogen-bond donors (Lipinski definition) is 0. The molecule has 1 saturated heterocycles. The lowest BCUT2D eigenvalue weighted by Gasteiger charge is -2.20. The fraction of sp³-hybridized carbons (Fsp3) is 0.269. The van der Waals surface area contributed by atoms with Crippen LogP contribution in [0.15, 0.2) is 71.9 Å². The summed E-state index contributed by atoms with van der Waals surface area (Å²) in [5.74, 6) is -0.998. The van der Waals surface area contributed by atoms with Crippen molar-refractivity contribution in [3.8, 4) is 0 Å². The van der Waals surface area contributed by atoms with Crippen LogP contribution in [0, 0.1) is 0 Å². The standard InChI is InChI=1S/C26H23NO7S/c1-35(30,31)34-27-24(16-7-3-2-4-8-16)25(28)20-12-13-21(19-10-6-5-9-18(19)20)26(29)32-17-11-14-22-23(15-17)33-22/h2-10,12-13,17,22-23H,11,14-15H2,1H3/b27-24+. The molecular weight excluding hydrogens is 470 g/mol. The lowest BCUT2D eigenvalue weighted by atomic mass is 9.93. The van der Waals surface area contributed by atoms with E-state index in [1.54, 1.807) is 60.7 Å². The molecule has 3 atom stereocenters. The average Bonchev–Trinajstić information content (AvgIpc) is 3.62. The van der Waals surface area contributed by atoms with Crippen LogP contribution < -0.4 is 0 Å². The largest absolute Gasteiger partial charge is 0.459 e. The summed E-state index contributed by atoms with van der Waals surface area (Å²) in [6.45, 7) is 0. The minimum atomic E-state index is -3.93. The van der Waals surface area contributed by atoms with Gasteiger partial charge in [0.2, 0.25) is 5.78 Å². The second kappa shape index (κ2) is 9.24. The number of benzene rings is 3. The van der Waals surface area contributed by atoms with Crippen molar-refractivity contribution in [2.24, 2.45) is 5.16 Å². The summed E-state index contributed by atoms with van der Waals surface area (Å²) < 4.78 is 39.0. The number of epoxide rings is 1. The van der Waals surface area contributed by atoms with Crippen LogP contribution in [0.1, 0.15) is 45.5 Å². The summed E-state index contributed by atoms with van der Waals surface area (Å²) in [4.78, 5) is 26.6. The summed E-state index contributed by atoms with van der Waals surface area (Å²) in [6.07, 6.45) is 3.48. The van der Waals surface area contributed by atoms with Gasteiger partial charge in [-0.3, -0.25) is 9.08 Å². The van der Waals surface area contributed by atoms with E-state index in [4.69, 9.17) is 9.47 Å². The number of fused-ring (bicyclic) bond motifs is 2. The highest BCUT2D eigenvalue weighted by Crippen LogP contribution is 2.38. The van der Waals surface area contributed by atoms with Crippen molar-refractivity contribution < 1.29 is 31.8 Å². The van der Waals surface area contributed by atoms with Crippen LogP contribution in [0.5, 0.6) is 0 Å². The number of Topliss-reactive ketones (excluding diaryl/α,β-unsaturated/α-hetero) is 1. The van der Waals surface area contributed by atoms with Crippen LogP contribution in [-0.2, 0) is 23.9 Å². The molecule has 8 nitrogen and oxygen atoms in total. The third kappa shape index (κ3) is 5.11. The number of carbonyl (C=O) groups excluding carboxylic acids is 2. The second-order valence-corrected chi connectivity index (χ2v) is 10.2. The molecule has 0 bridgehead atoms. The zero-order valence-electron chi connectivity index (χ0n) is 18.9. The molecule has 0 radical (unpaired) electrons. The Balaban J connectivity index is 1.50. The van der Waals surface area contributed by atoms with Gasteiger partial charge in [0.15, 0.2) is 5.71 Å². The van der Waals surface area contributed by atoms with Gasteiger partial charge >= 0.3 is 16.1 Å². The highest BCUT2D eigenvalue weighted by molar-refractivity contribution is 7.85. The first-order chi connectivity index (χ1) is 16.8. The molecule has 3 aromatic rings. The highest BCUT2D eigenvalue weighted by Gasteiger charge is 2.45. The van der Waals surface area contributed by atoms with Crippen molar-refractivity contribution in [3.05, 3.63) is 83.4 Å². The van der Waals surface area contributed by atoms with E-state index in [1.165, 1.54) is 6.07 Å². The van der Waals surface area contributed by atoms with E-state index in [2.05, 4.69) is 9.44 Å². The van der Waals surface area contributed by atoms with Crippen molar-refractivity contribution in [1.29, 1.82) is 0 Å². The van der Waals surface area contributed by atoms with Crippen molar-refractivity contribution >= 4 is 38.4 Å². The number of hydrogen-bond acceptors (Lipinski definition) is 8. The first-order valence-corrected chi connectivity index (χ1v) is 13.1. The van der Waals surface area contributed by atoms with Gasteiger partial charge in [0, 0.05) is 17.5 Å². The van der Waals surface area contributed by atoms with Crippen LogP contribution >= 0.6 is 0 Å². The first kappa shape index (κ1) is 23.2. The van der Waals surface area contributed by atoms with E-state index in [0.717, 1.165) is 19.1 Å². The zero-order chi connectivity index (χ0) is 24.6. The Bertz CT molecular complexity index is 1430. The van der Waals surface area contributed by atoms with Crippen LogP contribution in [0.3, 0.4) is 0 Å². The van der Waals surface area contributed by atoms with E-state index >= 15 is 0 Å². The van der Waals surface area contributed by atoms with Crippen LogP contribution in [0.25, 0.3) is 10.8 Å².